The molecule has 4 N–H and O–H groups in total. The number of aromatic nitrogens is 6. The predicted molar refractivity (Wildman–Crippen MR) is 170 cm³/mol. The van der Waals surface area contributed by atoms with Gasteiger partial charge in [0, 0.05) is 37.5 Å². The Morgan fingerprint density at radius 3 is 2.55 bits per heavy atom. The number of carboxylic acids is 1. The Morgan fingerprint density at radius 1 is 1.16 bits per heavy atom. The van der Waals surface area contributed by atoms with Crippen LogP contribution in [0.25, 0.3) is 22.5 Å². The molecule has 0 aliphatic rings. The number of nitrogens with zero attached hydrogens (tertiary/aromatic N) is 6. The molecular formula is C30H37ClN8O4S. The summed E-state index contributed by atoms with van der Waals surface area (Å²) in [7, 11) is 0. The molecule has 4 aromatic rings. The zero-order valence-corrected chi connectivity index (χ0v) is 26.2. The highest BCUT2D eigenvalue weighted by molar-refractivity contribution is 7.80. The quantitative estimate of drug-likeness (QED) is 0.0731. The molecule has 44 heavy (non-hydrogen) atoms. The number of carbonyl (C=O) groups is 2. The average molecular weight is 641 g/mol. The Bertz CT molecular complexity index is 1510. The Labute approximate surface area is 266 Å². The fraction of sp³-hybridized carbons (Fsp3) is 0.400. The Hall–Kier alpha value is -3.78. The number of nitrogens with two attached hydrogens (primary N) is 1. The molecular weight excluding hydrogens is 604 g/mol. The molecule has 4 rings (SSSR count). The third kappa shape index (κ3) is 8.44. The molecule has 0 spiro atoms. The van der Waals surface area contributed by atoms with Gasteiger partial charge in [0.2, 0.25) is 5.82 Å². The molecule has 0 saturated heterocycles. The third-order valence-corrected chi connectivity index (χ3v) is 7.99. The van der Waals surface area contributed by atoms with E-state index in [2.05, 4.69) is 45.2 Å². The molecule has 1 atom stereocenters. The molecule has 0 aliphatic heterocycles. The fourth-order valence-electron chi connectivity index (χ4n) is 4.95. The van der Waals surface area contributed by atoms with Crippen molar-refractivity contribution < 1.29 is 19.4 Å². The topological polar surface area (TPSA) is 165 Å². The number of benzene rings is 2. The number of aromatic amines is 1. The molecule has 0 bridgehead atoms. The molecule has 0 saturated carbocycles. The van der Waals surface area contributed by atoms with E-state index in [0.29, 0.717) is 24.5 Å². The van der Waals surface area contributed by atoms with Crippen LogP contribution in [-0.4, -0.2) is 70.7 Å². The first kappa shape index (κ1) is 33.1. The van der Waals surface area contributed by atoms with Crippen LogP contribution >= 0.6 is 24.2 Å². The van der Waals surface area contributed by atoms with E-state index >= 15 is 0 Å². The summed E-state index contributed by atoms with van der Waals surface area (Å²) >= 11 is 10.9. The Balaban J connectivity index is 1.55. The van der Waals surface area contributed by atoms with Gasteiger partial charge < -0.3 is 20.1 Å². The summed E-state index contributed by atoms with van der Waals surface area (Å²) in [6.45, 7) is 2.57. The highest BCUT2D eigenvalue weighted by Crippen LogP contribution is 2.30. The lowest BCUT2D eigenvalue weighted by atomic mass is 9.98. The largest absolute Gasteiger partial charge is 0.481 e. The van der Waals surface area contributed by atoms with E-state index < -0.39 is 18.0 Å². The predicted octanol–water partition coefficient (Wildman–Crippen LogP) is 4.55. The van der Waals surface area contributed by atoms with Crippen LogP contribution in [0.3, 0.4) is 0 Å². The summed E-state index contributed by atoms with van der Waals surface area (Å²) in [5, 5.41) is 23.8. The van der Waals surface area contributed by atoms with Crippen molar-refractivity contribution in [2.45, 2.75) is 64.6 Å². The fourth-order valence-corrected chi connectivity index (χ4v) is 5.52. The van der Waals surface area contributed by atoms with Crippen LogP contribution in [0.4, 0.5) is 0 Å². The van der Waals surface area contributed by atoms with Gasteiger partial charge in [0.25, 0.3) is 0 Å². The van der Waals surface area contributed by atoms with Gasteiger partial charge in [0.05, 0.1) is 5.69 Å². The van der Waals surface area contributed by atoms with Gasteiger partial charge in [0.1, 0.15) is 18.5 Å². The third-order valence-electron chi connectivity index (χ3n) is 7.32. The highest BCUT2D eigenvalue weighted by atomic mass is 35.5. The van der Waals surface area contributed by atoms with E-state index in [1.165, 1.54) is 0 Å². The number of H-pyrrole nitrogens is 1. The second-order valence-electron chi connectivity index (χ2n) is 10.3. The number of aliphatic carboxylic acids is 1. The van der Waals surface area contributed by atoms with Crippen LogP contribution in [0, 0.1) is 0 Å². The first-order valence-electron chi connectivity index (χ1n) is 14.5. The van der Waals surface area contributed by atoms with E-state index in [-0.39, 0.29) is 37.1 Å². The molecule has 0 radical (unpaired) electrons. The van der Waals surface area contributed by atoms with Gasteiger partial charge in [-0.15, -0.1) is 10.2 Å². The van der Waals surface area contributed by atoms with Crippen molar-refractivity contribution >= 4 is 36.2 Å². The van der Waals surface area contributed by atoms with Gasteiger partial charge in [0.15, 0.2) is 5.15 Å². The van der Waals surface area contributed by atoms with Gasteiger partial charge in [-0.2, -0.15) is 17.8 Å². The van der Waals surface area contributed by atoms with Crippen LogP contribution in [0.5, 0.6) is 0 Å². The SMILES string of the molecule is CCCCc1nc(Cl)c(COC(=O)[C@@H](CCCC(=O)O)N(CN)CS)n1Cc1ccc(-c2ccccc2-c2nn[nH]n2)cc1. The molecule has 234 valence electrons. The summed E-state index contributed by atoms with van der Waals surface area (Å²) in [6, 6.07) is 15.3. The minimum absolute atomic E-state index is 0.0599. The number of carbonyl (C=O) groups excluding carboxylic acids is 1. The molecule has 0 amide bonds. The average Bonchev–Trinajstić information content (AvgIpc) is 3.67. The number of aryl methyl sites for hydroxylation is 1. The van der Waals surface area contributed by atoms with Crippen molar-refractivity contribution in [1.82, 2.24) is 35.1 Å². The van der Waals surface area contributed by atoms with Crippen LogP contribution < -0.4 is 5.73 Å². The van der Waals surface area contributed by atoms with E-state index in [1.807, 2.05) is 53.1 Å². The zero-order chi connectivity index (χ0) is 31.5. The number of thiol groups is 1. The summed E-state index contributed by atoms with van der Waals surface area (Å²) in [5.74, 6) is 0.107. The number of unbranched alkanes of at least 4 members (excludes halogenated alkanes) is 1. The van der Waals surface area contributed by atoms with Gasteiger partial charge in [-0.1, -0.05) is 73.5 Å². The molecule has 0 aliphatic carbocycles. The molecule has 0 fully saturated rings. The number of hydrogen-bond acceptors (Lipinski definition) is 10. The van der Waals surface area contributed by atoms with Gasteiger partial charge >= 0.3 is 11.9 Å². The highest BCUT2D eigenvalue weighted by Gasteiger charge is 2.27. The second-order valence-corrected chi connectivity index (χ2v) is 10.9. The lowest BCUT2D eigenvalue weighted by Gasteiger charge is -2.27. The Morgan fingerprint density at radius 2 is 1.91 bits per heavy atom. The lowest BCUT2D eigenvalue weighted by molar-refractivity contribution is -0.152. The van der Waals surface area contributed by atoms with Crippen molar-refractivity contribution in [1.29, 1.82) is 0 Å². The van der Waals surface area contributed by atoms with Crippen molar-refractivity contribution in [3.05, 3.63) is 70.8 Å². The number of rotatable bonds is 17. The molecule has 14 heteroatoms. The number of hydrogen-bond donors (Lipinski definition) is 4. The molecule has 2 aromatic heterocycles. The number of carboxylic acid groups (broad SMARTS) is 1. The first-order chi connectivity index (χ1) is 21.4. The Kier molecular flexibility index (Phi) is 12.3. The lowest BCUT2D eigenvalue weighted by Crippen LogP contribution is -2.44. The summed E-state index contributed by atoms with van der Waals surface area (Å²) in [6.07, 6.45) is 3.15. The maximum atomic E-state index is 13.2. The monoisotopic (exact) mass is 640 g/mol. The van der Waals surface area contributed by atoms with E-state index in [4.69, 9.17) is 27.2 Å². The first-order valence-corrected chi connectivity index (χ1v) is 15.5. The summed E-state index contributed by atoms with van der Waals surface area (Å²) < 4.78 is 7.76. The number of imidazole rings is 1. The number of ether oxygens (including phenoxy) is 1. The number of halogens is 1. The maximum absolute atomic E-state index is 13.2. The minimum atomic E-state index is -0.929. The van der Waals surface area contributed by atoms with Crippen molar-refractivity contribution in [3.8, 4) is 22.5 Å². The zero-order valence-electron chi connectivity index (χ0n) is 24.5. The van der Waals surface area contributed by atoms with Gasteiger partial charge in [-0.25, -0.2) is 4.98 Å². The number of nitrogens with one attached hydrogen (secondary N) is 1. The molecule has 2 heterocycles. The second kappa shape index (κ2) is 16.3. The standard InChI is InChI=1S/C30H37ClN8O4S/c1-2-3-10-26-33-28(31)25(17-43-30(42)24(38(18-32)19-44)9-6-11-27(40)41)39(26)16-20-12-14-21(15-13-20)22-7-4-5-8-23(22)29-34-36-37-35-29/h4-5,7-8,12-15,24,44H,2-3,6,9-11,16-19,32H2,1H3,(H,40,41)(H,34,35,36,37)/t24-/m1/s1. The minimum Gasteiger partial charge on any atom is -0.481 e. The van der Waals surface area contributed by atoms with Crippen molar-refractivity contribution in [2.24, 2.45) is 5.73 Å². The van der Waals surface area contributed by atoms with Crippen molar-refractivity contribution in [3.63, 3.8) is 0 Å². The van der Waals surface area contributed by atoms with Gasteiger partial charge in [-0.05, 0) is 41.2 Å². The van der Waals surface area contributed by atoms with E-state index in [1.54, 1.807) is 4.90 Å². The molecule has 0 unspecified atom stereocenters. The number of tetrazole rings is 1. The normalized spacial score (nSPS) is 12.0. The summed E-state index contributed by atoms with van der Waals surface area (Å²) in [4.78, 5) is 30.5. The summed E-state index contributed by atoms with van der Waals surface area (Å²) in [5.41, 5.74) is 10.3. The molecule has 2 aromatic carbocycles. The van der Waals surface area contributed by atoms with Crippen LogP contribution in [0.15, 0.2) is 48.5 Å². The van der Waals surface area contributed by atoms with Crippen LogP contribution in [0.1, 0.15) is 56.1 Å². The van der Waals surface area contributed by atoms with Crippen molar-refractivity contribution in [2.75, 3.05) is 12.5 Å². The maximum Gasteiger partial charge on any atom is 0.323 e. The van der Waals surface area contributed by atoms with E-state index in [0.717, 1.165) is 47.3 Å². The van der Waals surface area contributed by atoms with Crippen LogP contribution in [-0.2, 0) is 33.9 Å². The van der Waals surface area contributed by atoms with E-state index in [9.17, 15) is 9.59 Å². The smallest absolute Gasteiger partial charge is 0.323 e. The van der Waals surface area contributed by atoms with Crippen LogP contribution in [0.2, 0.25) is 5.15 Å². The van der Waals surface area contributed by atoms with Gasteiger partial charge in [-0.3, -0.25) is 14.5 Å². The molecule has 12 nitrogen and oxygen atoms in total. The number of esters is 1.